The normalized spacial score (nSPS) is 12.1. The lowest BCUT2D eigenvalue weighted by molar-refractivity contribution is 0.300. The molecular weight excluding hydrogens is 412 g/mol. The molecule has 2 aromatic rings. The molecular formula is C33H50O. The van der Waals surface area contributed by atoms with Gasteiger partial charge in [0.1, 0.15) is 5.75 Å². The fraction of sp³-hybridized carbons (Fsp3) is 0.636. The standard InChI is InChI=1S/C33H50O/c1-4-7-10-11-12-13-14-19-24-34-33-26-32-28-21-18-17-20-27(28)25-31(32)29(22-15-8-5-2)30(33)23-16-9-6-3/h17-18,20-21,26H,4-16,19,22-25H2,1-3H3. The van der Waals surface area contributed by atoms with Gasteiger partial charge in [0.15, 0.2) is 0 Å². The fourth-order valence-electron chi connectivity index (χ4n) is 5.59. The number of ether oxygens (including phenoxy) is 1. The Morgan fingerprint density at radius 2 is 1.21 bits per heavy atom. The molecule has 0 radical (unpaired) electrons. The summed E-state index contributed by atoms with van der Waals surface area (Å²) in [5.41, 5.74) is 9.15. The van der Waals surface area contributed by atoms with Gasteiger partial charge in [0, 0.05) is 0 Å². The molecule has 0 bridgehead atoms. The van der Waals surface area contributed by atoms with Crippen molar-refractivity contribution in [2.45, 2.75) is 130 Å². The fourth-order valence-corrected chi connectivity index (χ4v) is 5.59. The summed E-state index contributed by atoms with van der Waals surface area (Å²) in [4.78, 5) is 0. The molecule has 1 nitrogen and oxygen atoms in total. The Balaban J connectivity index is 1.74. The Kier molecular flexibility index (Phi) is 12.1. The van der Waals surface area contributed by atoms with Crippen molar-refractivity contribution in [1.29, 1.82) is 0 Å². The molecule has 0 N–H and O–H groups in total. The van der Waals surface area contributed by atoms with Gasteiger partial charge in [-0.25, -0.2) is 0 Å². The Bertz CT molecular complexity index is 850. The van der Waals surface area contributed by atoms with E-state index in [2.05, 4.69) is 51.1 Å². The molecule has 188 valence electrons. The van der Waals surface area contributed by atoms with Crippen molar-refractivity contribution in [3.8, 4) is 16.9 Å². The van der Waals surface area contributed by atoms with Gasteiger partial charge >= 0.3 is 0 Å². The Labute approximate surface area is 210 Å². The number of hydrogen-bond acceptors (Lipinski definition) is 1. The Morgan fingerprint density at radius 1 is 0.618 bits per heavy atom. The molecule has 1 aliphatic rings. The summed E-state index contributed by atoms with van der Waals surface area (Å²) in [6.45, 7) is 7.78. The molecule has 0 amide bonds. The molecule has 0 saturated carbocycles. The van der Waals surface area contributed by atoms with Crippen molar-refractivity contribution in [2.75, 3.05) is 6.61 Å². The maximum Gasteiger partial charge on any atom is 0.123 e. The summed E-state index contributed by atoms with van der Waals surface area (Å²) in [6, 6.07) is 11.4. The number of benzene rings is 2. The van der Waals surface area contributed by atoms with E-state index >= 15 is 0 Å². The zero-order valence-electron chi connectivity index (χ0n) is 22.5. The van der Waals surface area contributed by atoms with E-state index in [0.717, 1.165) is 13.0 Å². The summed E-state index contributed by atoms with van der Waals surface area (Å²) < 4.78 is 6.60. The molecule has 0 saturated heterocycles. The van der Waals surface area contributed by atoms with Crippen LogP contribution in [0.5, 0.6) is 5.75 Å². The highest BCUT2D eigenvalue weighted by Crippen LogP contribution is 2.44. The third kappa shape index (κ3) is 7.62. The monoisotopic (exact) mass is 462 g/mol. The predicted molar refractivity (Wildman–Crippen MR) is 149 cm³/mol. The number of fused-ring (bicyclic) bond motifs is 3. The van der Waals surface area contributed by atoms with E-state index in [-0.39, 0.29) is 0 Å². The largest absolute Gasteiger partial charge is 0.493 e. The summed E-state index contributed by atoms with van der Waals surface area (Å²) in [5.74, 6) is 1.20. The summed E-state index contributed by atoms with van der Waals surface area (Å²) in [7, 11) is 0. The van der Waals surface area contributed by atoms with Crippen molar-refractivity contribution in [3.05, 3.63) is 52.6 Å². The van der Waals surface area contributed by atoms with Crippen molar-refractivity contribution >= 4 is 0 Å². The quantitative estimate of drug-likeness (QED) is 0.171. The van der Waals surface area contributed by atoms with Crippen LogP contribution in [0.1, 0.15) is 133 Å². The van der Waals surface area contributed by atoms with Crippen molar-refractivity contribution in [2.24, 2.45) is 0 Å². The summed E-state index contributed by atoms with van der Waals surface area (Å²) >= 11 is 0. The van der Waals surface area contributed by atoms with E-state index in [1.807, 2.05) is 0 Å². The average Bonchev–Trinajstić information content (AvgIpc) is 3.22. The maximum absolute atomic E-state index is 6.60. The van der Waals surface area contributed by atoms with Crippen LogP contribution in [-0.2, 0) is 19.3 Å². The van der Waals surface area contributed by atoms with Crippen molar-refractivity contribution in [1.82, 2.24) is 0 Å². The lowest BCUT2D eigenvalue weighted by atomic mass is 9.89. The highest BCUT2D eigenvalue weighted by Gasteiger charge is 2.25. The molecule has 0 spiro atoms. The summed E-state index contributed by atoms with van der Waals surface area (Å²) in [6.07, 6.45) is 22.0. The Hall–Kier alpha value is -1.76. The van der Waals surface area contributed by atoms with Crippen LogP contribution in [0.4, 0.5) is 0 Å². The van der Waals surface area contributed by atoms with Crippen LogP contribution >= 0.6 is 0 Å². The molecule has 3 rings (SSSR count). The smallest absolute Gasteiger partial charge is 0.123 e. The second kappa shape index (κ2) is 15.3. The second-order valence-corrected chi connectivity index (χ2v) is 10.4. The predicted octanol–water partition coefficient (Wildman–Crippen LogP) is 10.2. The van der Waals surface area contributed by atoms with E-state index < -0.39 is 0 Å². The van der Waals surface area contributed by atoms with E-state index in [0.29, 0.717) is 0 Å². The highest BCUT2D eigenvalue weighted by atomic mass is 16.5. The molecule has 0 fully saturated rings. The lowest BCUT2D eigenvalue weighted by Crippen LogP contribution is -2.07. The van der Waals surface area contributed by atoms with Gasteiger partial charge in [-0.1, -0.05) is 116 Å². The minimum Gasteiger partial charge on any atom is -0.493 e. The van der Waals surface area contributed by atoms with Crippen LogP contribution < -0.4 is 4.74 Å². The van der Waals surface area contributed by atoms with Gasteiger partial charge in [-0.3, -0.25) is 0 Å². The van der Waals surface area contributed by atoms with Gasteiger partial charge in [-0.05, 0) is 78.0 Å². The van der Waals surface area contributed by atoms with Crippen LogP contribution in [0.2, 0.25) is 0 Å². The molecule has 0 aromatic heterocycles. The third-order valence-electron chi connectivity index (χ3n) is 7.62. The number of unbranched alkanes of at least 4 members (excludes halogenated alkanes) is 11. The van der Waals surface area contributed by atoms with Gasteiger partial charge in [-0.15, -0.1) is 0 Å². The summed E-state index contributed by atoms with van der Waals surface area (Å²) in [5, 5.41) is 0. The molecule has 0 aliphatic heterocycles. The van der Waals surface area contributed by atoms with Crippen molar-refractivity contribution in [3.63, 3.8) is 0 Å². The minimum absolute atomic E-state index is 0.866. The van der Waals surface area contributed by atoms with Gasteiger partial charge in [-0.2, -0.15) is 0 Å². The van der Waals surface area contributed by atoms with Crippen LogP contribution in [0.15, 0.2) is 30.3 Å². The van der Waals surface area contributed by atoms with Crippen molar-refractivity contribution < 1.29 is 4.74 Å². The highest BCUT2D eigenvalue weighted by molar-refractivity contribution is 5.80. The third-order valence-corrected chi connectivity index (χ3v) is 7.62. The SMILES string of the molecule is CCCCCCCCCCOc1cc2c(c(CCCCC)c1CCCCC)Cc1ccccc1-2. The maximum atomic E-state index is 6.60. The average molecular weight is 463 g/mol. The molecule has 0 unspecified atom stereocenters. The molecule has 1 aliphatic carbocycles. The van der Waals surface area contributed by atoms with Crippen LogP contribution in [0.25, 0.3) is 11.1 Å². The molecule has 0 heterocycles. The molecule has 34 heavy (non-hydrogen) atoms. The molecule has 1 heteroatoms. The Morgan fingerprint density at radius 3 is 1.91 bits per heavy atom. The zero-order valence-corrected chi connectivity index (χ0v) is 22.5. The first kappa shape index (κ1) is 26.8. The van der Waals surface area contributed by atoms with E-state index in [4.69, 9.17) is 4.74 Å². The molecule has 2 aromatic carbocycles. The first-order chi connectivity index (χ1) is 16.8. The lowest BCUT2D eigenvalue weighted by Gasteiger charge is -2.20. The van der Waals surface area contributed by atoms with Gasteiger partial charge in [0.25, 0.3) is 0 Å². The number of rotatable bonds is 18. The van der Waals surface area contributed by atoms with E-state index in [1.165, 1.54) is 131 Å². The van der Waals surface area contributed by atoms with E-state index in [1.54, 1.807) is 11.1 Å². The van der Waals surface area contributed by atoms with Gasteiger partial charge in [0.05, 0.1) is 6.61 Å². The van der Waals surface area contributed by atoms with Gasteiger partial charge in [0.2, 0.25) is 0 Å². The topological polar surface area (TPSA) is 9.23 Å². The van der Waals surface area contributed by atoms with Crippen LogP contribution in [0, 0.1) is 0 Å². The van der Waals surface area contributed by atoms with Crippen LogP contribution in [-0.4, -0.2) is 6.61 Å². The van der Waals surface area contributed by atoms with Gasteiger partial charge < -0.3 is 4.74 Å². The zero-order chi connectivity index (χ0) is 24.0. The second-order valence-electron chi connectivity index (χ2n) is 10.4. The number of hydrogen-bond donors (Lipinski definition) is 0. The van der Waals surface area contributed by atoms with E-state index in [9.17, 15) is 0 Å². The van der Waals surface area contributed by atoms with Crippen LogP contribution in [0.3, 0.4) is 0 Å². The molecule has 0 atom stereocenters. The minimum atomic E-state index is 0.866. The first-order valence-electron chi connectivity index (χ1n) is 14.7. The first-order valence-corrected chi connectivity index (χ1v) is 14.7.